The first kappa shape index (κ1) is 13.4. The molecule has 1 aromatic rings. The van der Waals surface area contributed by atoms with Crippen molar-refractivity contribution in [1.82, 2.24) is 4.98 Å². The van der Waals surface area contributed by atoms with Crippen molar-refractivity contribution in [3.63, 3.8) is 0 Å². The first-order chi connectivity index (χ1) is 9.11. The molecule has 2 rings (SSSR count). The van der Waals surface area contributed by atoms with Gasteiger partial charge in [-0.05, 0) is 19.8 Å². The molecule has 0 radical (unpaired) electrons. The number of hydrogen-bond donors (Lipinski definition) is 1. The number of carbonyl (C=O) groups excluding carboxylic acids is 1. The Kier molecular flexibility index (Phi) is 4.03. The number of oxazole rings is 1. The van der Waals surface area contributed by atoms with Gasteiger partial charge in [0, 0.05) is 12.6 Å². The third-order valence-corrected chi connectivity index (χ3v) is 3.01. The second-order valence-electron chi connectivity index (χ2n) is 4.32. The average Bonchev–Trinajstić information content (AvgIpc) is 2.96. The van der Waals surface area contributed by atoms with Crippen molar-refractivity contribution < 1.29 is 23.8 Å². The molecule has 1 aliphatic heterocycles. The van der Waals surface area contributed by atoms with Crippen LogP contribution in [0.1, 0.15) is 36.7 Å². The largest absolute Gasteiger partial charge is 0.481 e. The summed E-state index contributed by atoms with van der Waals surface area (Å²) in [5, 5.41) is 8.85. The van der Waals surface area contributed by atoms with Gasteiger partial charge in [-0.15, -0.1) is 0 Å². The summed E-state index contributed by atoms with van der Waals surface area (Å²) in [5.74, 6) is -1.39. The number of ether oxygens (including phenoxy) is 1. The quantitative estimate of drug-likeness (QED) is 0.804. The summed E-state index contributed by atoms with van der Waals surface area (Å²) in [6.45, 7) is 2.66. The second kappa shape index (κ2) is 5.73. The molecule has 0 aliphatic carbocycles. The molecule has 1 N–H and O–H groups in total. The van der Waals surface area contributed by atoms with Crippen molar-refractivity contribution >= 4 is 18.0 Å². The second-order valence-corrected chi connectivity index (χ2v) is 4.32. The van der Waals surface area contributed by atoms with E-state index < -0.39 is 11.9 Å². The monoisotopic (exact) mass is 268 g/mol. The van der Waals surface area contributed by atoms with Crippen LogP contribution >= 0.6 is 0 Å². The Morgan fingerprint density at radius 2 is 2.42 bits per heavy atom. The number of carbonyl (C=O) groups is 2. The summed E-state index contributed by atoms with van der Waals surface area (Å²) in [6, 6.07) is 0.151. The molecule has 0 amide bonds. The van der Waals surface area contributed by atoms with Gasteiger partial charge in [0.2, 0.25) is 0 Å². The standard InChI is InChI=1S/C12H16N2O5/c1-2-18-11(17)9-7-19-12(13-9)14-5-3-4-8(14)6-10(15)16/h7-8H,2-6H2,1H3,(H,15,16). The Balaban J connectivity index is 2.09. The number of aromatic nitrogens is 1. The normalized spacial score (nSPS) is 18.6. The third kappa shape index (κ3) is 3.04. The summed E-state index contributed by atoms with van der Waals surface area (Å²) in [5.41, 5.74) is 0.109. The highest BCUT2D eigenvalue weighted by molar-refractivity contribution is 5.87. The van der Waals surface area contributed by atoms with Gasteiger partial charge in [-0.1, -0.05) is 0 Å². The molecule has 0 aromatic carbocycles. The zero-order valence-corrected chi connectivity index (χ0v) is 10.7. The van der Waals surface area contributed by atoms with E-state index in [9.17, 15) is 9.59 Å². The maximum Gasteiger partial charge on any atom is 0.360 e. The molecule has 104 valence electrons. The van der Waals surface area contributed by atoms with Crippen LogP contribution in [0.25, 0.3) is 0 Å². The number of hydrogen-bond acceptors (Lipinski definition) is 6. The van der Waals surface area contributed by atoms with Crippen LogP contribution in [0.3, 0.4) is 0 Å². The highest BCUT2D eigenvalue weighted by Gasteiger charge is 2.30. The number of carboxylic acid groups (broad SMARTS) is 1. The van der Waals surface area contributed by atoms with Crippen LogP contribution in [0.5, 0.6) is 0 Å². The van der Waals surface area contributed by atoms with Crippen molar-refractivity contribution in [3.8, 4) is 0 Å². The molecule has 1 aliphatic rings. The van der Waals surface area contributed by atoms with Crippen molar-refractivity contribution in [1.29, 1.82) is 0 Å². The van der Waals surface area contributed by atoms with Crippen LogP contribution in [0.2, 0.25) is 0 Å². The molecular weight excluding hydrogens is 252 g/mol. The summed E-state index contributed by atoms with van der Waals surface area (Å²) in [6.07, 6.45) is 2.94. The molecule has 1 saturated heterocycles. The van der Waals surface area contributed by atoms with Gasteiger partial charge in [-0.25, -0.2) is 4.79 Å². The highest BCUT2D eigenvalue weighted by Crippen LogP contribution is 2.26. The van der Waals surface area contributed by atoms with Gasteiger partial charge in [-0.2, -0.15) is 4.98 Å². The smallest absolute Gasteiger partial charge is 0.360 e. The molecule has 2 heterocycles. The fourth-order valence-corrected chi connectivity index (χ4v) is 2.20. The van der Waals surface area contributed by atoms with Crippen LogP contribution in [-0.4, -0.2) is 41.2 Å². The summed E-state index contributed by atoms with van der Waals surface area (Å²) >= 11 is 0. The van der Waals surface area contributed by atoms with E-state index in [1.54, 1.807) is 11.8 Å². The minimum Gasteiger partial charge on any atom is -0.481 e. The van der Waals surface area contributed by atoms with E-state index in [0.717, 1.165) is 12.8 Å². The van der Waals surface area contributed by atoms with E-state index in [1.165, 1.54) is 6.26 Å². The van der Waals surface area contributed by atoms with Crippen LogP contribution in [0.4, 0.5) is 6.01 Å². The Hall–Kier alpha value is -2.05. The first-order valence-corrected chi connectivity index (χ1v) is 6.23. The van der Waals surface area contributed by atoms with Gasteiger partial charge in [-0.3, -0.25) is 4.79 Å². The van der Waals surface area contributed by atoms with E-state index in [-0.39, 0.29) is 30.8 Å². The van der Waals surface area contributed by atoms with Crippen molar-refractivity contribution in [2.45, 2.75) is 32.2 Å². The van der Waals surface area contributed by atoms with Crippen LogP contribution < -0.4 is 4.90 Å². The average molecular weight is 268 g/mol. The predicted octanol–water partition coefficient (Wildman–Crippen LogP) is 1.29. The Bertz CT molecular complexity index is 470. The predicted molar refractivity (Wildman–Crippen MR) is 65.1 cm³/mol. The molecule has 19 heavy (non-hydrogen) atoms. The fraction of sp³-hybridized carbons (Fsp3) is 0.583. The Morgan fingerprint density at radius 3 is 3.11 bits per heavy atom. The van der Waals surface area contributed by atoms with Gasteiger partial charge in [0.15, 0.2) is 5.69 Å². The van der Waals surface area contributed by atoms with E-state index in [0.29, 0.717) is 6.54 Å². The maximum absolute atomic E-state index is 11.5. The van der Waals surface area contributed by atoms with Gasteiger partial charge in [0.25, 0.3) is 6.01 Å². The zero-order valence-electron chi connectivity index (χ0n) is 10.7. The van der Waals surface area contributed by atoms with Crippen molar-refractivity contribution in [2.24, 2.45) is 0 Å². The van der Waals surface area contributed by atoms with Crippen LogP contribution in [0, 0.1) is 0 Å². The number of anilines is 1. The van der Waals surface area contributed by atoms with E-state index in [1.807, 2.05) is 0 Å². The number of esters is 1. The lowest BCUT2D eigenvalue weighted by atomic mass is 10.1. The SMILES string of the molecule is CCOC(=O)c1coc(N2CCCC2CC(=O)O)n1. The molecule has 1 fully saturated rings. The number of nitrogens with zero attached hydrogens (tertiary/aromatic N) is 2. The molecule has 0 saturated carbocycles. The molecule has 1 aromatic heterocycles. The van der Waals surface area contributed by atoms with Crippen molar-refractivity contribution in [2.75, 3.05) is 18.1 Å². The first-order valence-electron chi connectivity index (χ1n) is 6.23. The van der Waals surface area contributed by atoms with Crippen LogP contribution in [0.15, 0.2) is 10.7 Å². The maximum atomic E-state index is 11.5. The molecule has 7 heteroatoms. The highest BCUT2D eigenvalue weighted by atomic mass is 16.5. The Morgan fingerprint density at radius 1 is 1.63 bits per heavy atom. The minimum absolute atomic E-state index is 0.0388. The number of rotatable bonds is 5. The minimum atomic E-state index is -0.853. The van der Waals surface area contributed by atoms with E-state index in [4.69, 9.17) is 14.3 Å². The van der Waals surface area contributed by atoms with Crippen molar-refractivity contribution in [3.05, 3.63) is 12.0 Å². The molecule has 1 atom stereocenters. The summed E-state index contributed by atoms with van der Waals surface area (Å²) in [7, 11) is 0. The fourth-order valence-electron chi connectivity index (χ4n) is 2.20. The third-order valence-electron chi connectivity index (χ3n) is 3.01. The lowest BCUT2D eigenvalue weighted by Gasteiger charge is -2.20. The van der Waals surface area contributed by atoms with Gasteiger partial charge < -0.3 is 19.2 Å². The molecule has 7 nitrogen and oxygen atoms in total. The lowest BCUT2D eigenvalue weighted by Crippen LogP contribution is -2.31. The van der Waals surface area contributed by atoms with Crippen LogP contribution in [-0.2, 0) is 9.53 Å². The lowest BCUT2D eigenvalue weighted by molar-refractivity contribution is -0.137. The number of aliphatic carboxylic acids is 1. The van der Waals surface area contributed by atoms with Gasteiger partial charge in [0.1, 0.15) is 6.26 Å². The molecular formula is C12H16N2O5. The van der Waals surface area contributed by atoms with E-state index in [2.05, 4.69) is 4.98 Å². The zero-order chi connectivity index (χ0) is 13.8. The molecule has 0 spiro atoms. The molecule has 0 bridgehead atoms. The summed E-state index contributed by atoms with van der Waals surface area (Å²) in [4.78, 5) is 28.1. The van der Waals surface area contributed by atoms with Gasteiger partial charge >= 0.3 is 11.9 Å². The molecule has 1 unspecified atom stereocenters. The van der Waals surface area contributed by atoms with E-state index >= 15 is 0 Å². The number of carboxylic acids is 1. The van der Waals surface area contributed by atoms with Gasteiger partial charge in [0.05, 0.1) is 13.0 Å². The topological polar surface area (TPSA) is 92.9 Å². The summed E-state index contributed by atoms with van der Waals surface area (Å²) < 4.78 is 10.1. The Labute approximate surface area is 110 Å².